The van der Waals surface area contributed by atoms with Crippen LogP contribution in [0, 0.1) is 15.9 Å². The molecule has 0 aromatic heterocycles. The van der Waals surface area contributed by atoms with Crippen LogP contribution in [0.3, 0.4) is 0 Å². The Kier molecular flexibility index (Phi) is 4.40. The van der Waals surface area contributed by atoms with Crippen LogP contribution < -0.4 is 5.32 Å². The number of halogens is 3. The Labute approximate surface area is 128 Å². The largest absolute Gasteiger partial charge is 0.318 e. The van der Waals surface area contributed by atoms with Crippen LogP contribution >= 0.6 is 23.2 Å². The van der Waals surface area contributed by atoms with Crippen LogP contribution in [0.25, 0.3) is 0 Å². The van der Waals surface area contributed by atoms with Crippen molar-refractivity contribution in [1.29, 1.82) is 0 Å². The standard InChI is InChI=1S/C13H7Cl2FN2O3/c14-8-4-2-5-9(16)12(8)17-13(19)7-3-1-6-10(11(7)15)18(20)21/h1-6H,(H,17,19). The van der Waals surface area contributed by atoms with Gasteiger partial charge in [-0.1, -0.05) is 35.3 Å². The summed E-state index contributed by atoms with van der Waals surface area (Å²) in [5.74, 6) is -1.52. The SMILES string of the molecule is O=C(Nc1c(F)cccc1Cl)c1cccc([N+](=O)[O-])c1Cl. The van der Waals surface area contributed by atoms with Gasteiger partial charge >= 0.3 is 0 Å². The Bertz CT molecular complexity index is 717. The molecule has 0 bridgehead atoms. The van der Waals surface area contributed by atoms with Crippen molar-refractivity contribution < 1.29 is 14.1 Å². The molecule has 5 nitrogen and oxygen atoms in total. The second kappa shape index (κ2) is 6.07. The normalized spacial score (nSPS) is 10.2. The van der Waals surface area contributed by atoms with E-state index in [1.165, 1.54) is 24.3 Å². The van der Waals surface area contributed by atoms with Crippen LogP contribution in [0.4, 0.5) is 15.8 Å². The first kappa shape index (κ1) is 15.2. The van der Waals surface area contributed by atoms with Gasteiger partial charge in [0, 0.05) is 6.07 Å². The predicted molar refractivity (Wildman–Crippen MR) is 77.5 cm³/mol. The molecule has 2 rings (SSSR count). The second-order valence-electron chi connectivity index (χ2n) is 3.95. The Balaban J connectivity index is 2.38. The van der Waals surface area contributed by atoms with E-state index in [-0.39, 0.29) is 21.3 Å². The van der Waals surface area contributed by atoms with E-state index in [0.717, 1.165) is 12.1 Å². The third-order valence-electron chi connectivity index (χ3n) is 2.62. The Morgan fingerprint density at radius 1 is 1.19 bits per heavy atom. The molecule has 2 aromatic rings. The summed E-state index contributed by atoms with van der Waals surface area (Å²) in [5.41, 5.74) is -0.777. The number of amides is 1. The quantitative estimate of drug-likeness (QED) is 0.674. The number of hydrogen-bond donors (Lipinski definition) is 1. The predicted octanol–water partition coefficient (Wildman–Crippen LogP) is 4.29. The summed E-state index contributed by atoms with van der Waals surface area (Å²) in [6, 6.07) is 7.66. The van der Waals surface area contributed by atoms with Gasteiger partial charge < -0.3 is 5.32 Å². The van der Waals surface area contributed by atoms with Crippen molar-refractivity contribution >= 4 is 40.5 Å². The van der Waals surface area contributed by atoms with E-state index in [4.69, 9.17) is 23.2 Å². The van der Waals surface area contributed by atoms with E-state index in [1.807, 2.05) is 0 Å². The highest BCUT2D eigenvalue weighted by Gasteiger charge is 2.21. The number of carbonyl (C=O) groups excluding carboxylic acids is 1. The van der Waals surface area contributed by atoms with Gasteiger partial charge in [0.1, 0.15) is 10.8 Å². The van der Waals surface area contributed by atoms with Gasteiger partial charge in [0.15, 0.2) is 0 Å². The summed E-state index contributed by atoms with van der Waals surface area (Å²) in [7, 11) is 0. The number of rotatable bonds is 3. The minimum atomic E-state index is -0.796. The van der Waals surface area contributed by atoms with Gasteiger partial charge in [0.25, 0.3) is 11.6 Å². The number of carbonyl (C=O) groups is 1. The molecule has 0 radical (unpaired) electrons. The van der Waals surface area contributed by atoms with Gasteiger partial charge in [-0.3, -0.25) is 14.9 Å². The van der Waals surface area contributed by atoms with Crippen molar-refractivity contribution in [2.75, 3.05) is 5.32 Å². The van der Waals surface area contributed by atoms with E-state index in [9.17, 15) is 19.3 Å². The first-order chi connectivity index (χ1) is 9.91. The highest BCUT2D eigenvalue weighted by Crippen LogP contribution is 2.30. The number of para-hydroxylation sites is 1. The average Bonchev–Trinajstić information content (AvgIpc) is 2.42. The van der Waals surface area contributed by atoms with Gasteiger partial charge in [-0.05, 0) is 18.2 Å². The molecule has 0 fully saturated rings. The molecule has 0 saturated heterocycles. The highest BCUT2D eigenvalue weighted by molar-refractivity contribution is 6.37. The lowest BCUT2D eigenvalue weighted by atomic mass is 10.1. The molecule has 0 saturated carbocycles. The summed E-state index contributed by atoms with van der Waals surface area (Å²) >= 11 is 11.6. The molecular formula is C13H7Cl2FN2O3. The number of nitro benzene ring substituents is 1. The van der Waals surface area contributed by atoms with Crippen LogP contribution in [-0.2, 0) is 0 Å². The number of hydrogen-bond acceptors (Lipinski definition) is 3. The lowest BCUT2D eigenvalue weighted by molar-refractivity contribution is -0.384. The zero-order valence-corrected chi connectivity index (χ0v) is 11.8. The topological polar surface area (TPSA) is 72.2 Å². The highest BCUT2D eigenvalue weighted by atomic mass is 35.5. The van der Waals surface area contributed by atoms with Crippen molar-refractivity contribution in [2.45, 2.75) is 0 Å². The molecule has 0 spiro atoms. The van der Waals surface area contributed by atoms with E-state index < -0.39 is 22.3 Å². The number of anilines is 1. The third kappa shape index (κ3) is 3.12. The zero-order chi connectivity index (χ0) is 15.6. The monoisotopic (exact) mass is 328 g/mol. The summed E-state index contributed by atoms with van der Waals surface area (Å²) in [6.07, 6.45) is 0. The zero-order valence-electron chi connectivity index (χ0n) is 10.3. The van der Waals surface area contributed by atoms with Crippen LogP contribution in [-0.4, -0.2) is 10.8 Å². The maximum atomic E-state index is 13.6. The molecule has 0 heterocycles. The van der Waals surface area contributed by atoms with Gasteiger partial charge in [-0.15, -0.1) is 0 Å². The number of nitrogens with one attached hydrogen (secondary N) is 1. The van der Waals surface area contributed by atoms with Crippen LogP contribution in [0.1, 0.15) is 10.4 Å². The molecule has 8 heteroatoms. The van der Waals surface area contributed by atoms with Crippen molar-refractivity contribution in [3.05, 3.63) is 67.9 Å². The fourth-order valence-electron chi connectivity index (χ4n) is 1.63. The molecule has 0 aliphatic carbocycles. The molecule has 0 unspecified atom stereocenters. The first-order valence-corrected chi connectivity index (χ1v) is 6.35. The van der Waals surface area contributed by atoms with E-state index in [2.05, 4.69) is 5.32 Å². The fourth-order valence-corrected chi connectivity index (χ4v) is 2.13. The molecule has 108 valence electrons. The molecule has 0 aliphatic rings. The molecule has 21 heavy (non-hydrogen) atoms. The second-order valence-corrected chi connectivity index (χ2v) is 4.73. The molecular weight excluding hydrogens is 322 g/mol. The van der Waals surface area contributed by atoms with Gasteiger partial charge in [-0.2, -0.15) is 0 Å². The van der Waals surface area contributed by atoms with Crippen LogP contribution in [0.5, 0.6) is 0 Å². The number of nitro groups is 1. The van der Waals surface area contributed by atoms with E-state index in [1.54, 1.807) is 0 Å². The van der Waals surface area contributed by atoms with Gasteiger partial charge in [0.2, 0.25) is 0 Å². The van der Waals surface area contributed by atoms with Crippen LogP contribution in [0.15, 0.2) is 36.4 Å². The molecule has 1 N–H and O–H groups in total. The fraction of sp³-hybridized carbons (Fsp3) is 0. The summed E-state index contributed by atoms with van der Waals surface area (Å²) in [5, 5.41) is 12.7. The van der Waals surface area contributed by atoms with Crippen molar-refractivity contribution in [3.8, 4) is 0 Å². The smallest absolute Gasteiger partial charge is 0.288 e. The van der Waals surface area contributed by atoms with Crippen molar-refractivity contribution in [3.63, 3.8) is 0 Å². The summed E-state index contributed by atoms with van der Waals surface area (Å²) in [4.78, 5) is 22.1. The Hall–Kier alpha value is -2.18. The minimum Gasteiger partial charge on any atom is -0.318 e. The van der Waals surface area contributed by atoms with Crippen molar-refractivity contribution in [1.82, 2.24) is 0 Å². The molecule has 0 atom stereocenters. The minimum absolute atomic E-state index is 0.00454. The maximum Gasteiger partial charge on any atom is 0.288 e. The Morgan fingerprint density at radius 2 is 1.86 bits per heavy atom. The lowest BCUT2D eigenvalue weighted by Crippen LogP contribution is -2.14. The first-order valence-electron chi connectivity index (χ1n) is 5.60. The number of nitrogens with zero attached hydrogens (tertiary/aromatic N) is 1. The maximum absolute atomic E-state index is 13.6. The van der Waals surface area contributed by atoms with E-state index in [0.29, 0.717) is 0 Å². The lowest BCUT2D eigenvalue weighted by Gasteiger charge is -2.09. The summed E-state index contributed by atoms with van der Waals surface area (Å²) in [6.45, 7) is 0. The average molecular weight is 329 g/mol. The molecule has 1 amide bonds. The molecule has 0 aliphatic heterocycles. The third-order valence-corrected chi connectivity index (χ3v) is 3.33. The van der Waals surface area contributed by atoms with Gasteiger partial charge in [0.05, 0.1) is 21.2 Å². The molecule has 2 aromatic carbocycles. The van der Waals surface area contributed by atoms with E-state index >= 15 is 0 Å². The van der Waals surface area contributed by atoms with Crippen molar-refractivity contribution in [2.24, 2.45) is 0 Å². The van der Waals surface area contributed by atoms with Crippen LogP contribution in [0.2, 0.25) is 10.0 Å². The number of benzene rings is 2. The van der Waals surface area contributed by atoms with Gasteiger partial charge in [-0.25, -0.2) is 4.39 Å². The Morgan fingerprint density at radius 3 is 2.48 bits per heavy atom. The summed E-state index contributed by atoms with van der Waals surface area (Å²) < 4.78 is 13.6.